The summed E-state index contributed by atoms with van der Waals surface area (Å²) < 4.78 is 30.8. The SMILES string of the molecule is Cc1c(C#N)c(NC(=O)CSc2nnc([C@@H]3CCS(=O)(=O)C3)o2)n(Cc2ccccc2)c1C. The van der Waals surface area contributed by atoms with E-state index in [0.29, 0.717) is 24.3 Å². The van der Waals surface area contributed by atoms with E-state index in [2.05, 4.69) is 21.6 Å². The van der Waals surface area contributed by atoms with Gasteiger partial charge in [-0.15, -0.1) is 10.2 Å². The highest BCUT2D eigenvalue weighted by Crippen LogP contribution is 2.30. The number of carbonyl (C=O) groups excluding carboxylic acids is 1. The minimum absolute atomic E-state index is 0.00405. The van der Waals surface area contributed by atoms with Gasteiger partial charge < -0.3 is 14.3 Å². The Balaban J connectivity index is 1.45. The molecule has 1 atom stereocenters. The van der Waals surface area contributed by atoms with Gasteiger partial charge in [-0.1, -0.05) is 42.1 Å². The molecule has 1 amide bonds. The van der Waals surface area contributed by atoms with Crippen LogP contribution in [-0.2, 0) is 21.2 Å². The number of carbonyl (C=O) groups is 1. The summed E-state index contributed by atoms with van der Waals surface area (Å²) in [6.45, 7) is 4.31. The van der Waals surface area contributed by atoms with Crippen molar-refractivity contribution < 1.29 is 17.6 Å². The van der Waals surface area contributed by atoms with Crippen LogP contribution in [0.5, 0.6) is 0 Å². The van der Waals surface area contributed by atoms with Crippen molar-refractivity contribution >= 4 is 33.3 Å². The maximum absolute atomic E-state index is 12.7. The fourth-order valence-corrected chi connectivity index (χ4v) is 6.13. The number of sulfone groups is 1. The lowest BCUT2D eigenvalue weighted by Crippen LogP contribution is -2.18. The topological polar surface area (TPSA) is 131 Å². The van der Waals surface area contributed by atoms with Gasteiger partial charge in [-0.25, -0.2) is 8.42 Å². The monoisotopic (exact) mass is 485 g/mol. The number of rotatable bonds is 7. The summed E-state index contributed by atoms with van der Waals surface area (Å²) in [5.74, 6) is 0.270. The third-order valence-corrected chi connectivity index (χ3v) is 8.30. The van der Waals surface area contributed by atoms with Gasteiger partial charge in [-0.2, -0.15) is 5.26 Å². The molecule has 0 radical (unpaired) electrons. The Morgan fingerprint density at radius 1 is 1.30 bits per heavy atom. The van der Waals surface area contributed by atoms with Crippen molar-refractivity contribution in [3.63, 3.8) is 0 Å². The lowest BCUT2D eigenvalue weighted by atomic mass is 10.1. The lowest BCUT2D eigenvalue weighted by Gasteiger charge is -2.13. The number of hydrogen-bond donors (Lipinski definition) is 1. The Labute approximate surface area is 196 Å². The van der Waals surface area contributed by atoms with Crippen LogP contribution in [0, 0.1) is 25.2 Å². The molecule has 0 unspecified atom stereocenters. The van der Waals surface area contributed by atoms with Crippen LogP contribution < -0.4 is 5.32 Å². The molecular weight excluding hydrogens is 462 g/mol. The van der Waals surface area contributed by atoms with Crippen LogP contribution in [0.2, 0.25) is 0 Å². The molecule has 1 aliphatic heterocycles. The first kappa shape index (κ1) is 23.1. The third-order valence-electron chi connectivity index (χ3n) is 5.71. The summed E-state index contributed by atoms with van der Waals surface area (Å²) in [7, 11) is -3.06. The number of aromatic nitrogens is 3. The van der Waals surface area contributed by atoms with Gasteiger partial charge in [0.15, 0.2) is 9.84 Å². The molecule has 3 aromatic rings. The number of thioether (sulfide) groups is 1. The third kappa shape index (κ3) is 5.12. The zero-order valence-electron chi connectivity index (χ0n) is 18.2. The lowest BCUT2D eigenvalue weighted by molar-refractivity contribution is -0.113. The van der Waals surface area contributed by atoms with E-state index >= 15 is 0 Å². The fraction of sp³-hybridized carbons (Fsp3) is 0.364. The first-order valence-corrected chi connectivity index (χ1v) is 13.2. The van der Waals surface area contributed by atoms with Crippen molar-refractivity contribution in [2.24, 2.45) is 0 Å². The summed E-state index contributed by atoms with van der Waals surface area (Å²) in [5.41, 5.74) is 3.22. The molecule has 0 bridgehead atoms. The molecule has 1 saturated heterocycles. The van der Waals surface area contributed by atoms with Gasteiger partial charge >= 0.3 is 0 Å². The molecule has 1 N–H and O–H groups in total. The number of nitriles is 1. The standard InChI is InChI=1S/C22H23N5O4S2/c1-14-15(2)27(11-16-6-4-3-5-7-16)20(18(14)10-23)24-19(28)12-32-22-26-25-21(31-22)17-8-9-33(29,30)13-17/h3-7,17H,8-9,11-13H2,1-2H3,(H,24,28)/t17-/m1/s1. The minimum Gasteiger partial charge on any atom is -0.416 e. The summed E-state index contributed by atoms with van der Waals surface area (Å²) in [6.07, 6.45) is 0.461. The van der Waals surface area contributed by atoms with Gasteiger partial charge in [0.1, 0.15) is 11.9 Å². The van der Waals surface area contributed by atoms with Gasteiger partial charge in [0.2, 0.25) is 11.8 Å². The summed E-state index contributed by atoms with van der Waals surface area (Å²) in [4.78, 5) is 12.7. The van der Waals surface area contributed by atoms with E-state index in [1.54, 1.807) is 0 Å². The van der Waals surface area contributed by atoms with Gasteiger partial charge in [0, 0.05) is 12.2 Å². The second-order valence-electron chi connectivity index (χ2n) is 7.96. The first-order valence-electron chi connectivity index (χ1n) is 10.4. The molecular formula is C22H23N5O4S2. The van der Waals surface area contributed by atoms with Crippen LogP contribution in [0.1, 0.15) is 40.6 Å². The smallest absolute Gasteiger partial charge is 0.277 e. The van der Waals surface area contributed by atoms with Crippen LogP contribution in [0.4, 0.5) is 5.82 Å². The molecule has 2 aromatic heterocycles. The van der Waals surface area contributed by atoms with Gasteiger partial charge in [0.05, 0.1) is 28.7 Å². The quantitative estimate of drug-likeness (QED) is 0.505. The maximum Gasteiger partial charge on any atom is 0.277 e. The molecule has 0 spiro atoms. The number of anilines is 1. The highest BCUT2D eigenvalue weighted by atomic mass is 32.2. The number of nitrogens with zero attached hydrogens (tertiary/aromatic N) is 4. The summed E-state index contributed by atoms with van der Waals surface area (Å²) in [6, 6.07) is 12.0. The van der Waals surface area contributed by atoms with Crippen molar-refractivity contribution in [2.75, 3.05) is 22.6 Å². The average Bonchev–Trinajstić information content (AvgIpc) is 3.46. The number of benzene rings is 1. The van der Waals surface area contributed by atoms with E-state index in [9.17, 15) is 18.5 Å². The Bertz CT molecular complexity index is 1320. The Kier molecular flexibility index (Phi) is 6.58. The minimum atomic E-state index is -3.06. The second-order valence-corrected chi connectivity index (χ2v) is 11.1. The zero-order chi connectivity index (χ0) is 23.6. The normalized spacial score (nSPS) is 17.1. The summed E-state index contributed by atoms with van der Waals surface area (Å²) in [5, 5.41) is 20.6. The largest absolute Gasteiger partial charge is 0.416 e. The fourth-order valence-electron chi connectivity index (χ4n) is 3.82. The molecule has 33 heavy (non-hydrogen) atoms. The average molecular weight is 486 g/mol. The van der Waals surface area contributed by atoms with Gasteiger partial charge in [0.25, 0.3) is 5.22 Å². The van der Waals surface area contributed by atoms with Crippen molar-refractivity contribution in [3.05, 3.63) is 58.6 Å². The Morgan fingerprint density at radius 2 is 2.06 bits per heavy atom. The van der Waals surface area contributed by atoms with Crippen molar-refractivity contribution in [1.82, 2.24) is 14.8 Å². The van der Waals surface area contributed by atoms with Crippen LogP contribution in [0.25, 0.3) is 0 Å². The molecule has 4 rings (SSSR count). The van der Waals surface area contributed by atoms with Crippen LogP contribution >= 0.6 is 11.8 Å². The molecule has 172 valence electrons. The van der Waals surface area contributed by atoms with E-state index in [-0.39, 0.29) is 40.2 Å². The highest BCUT2D eigenvalue weighted by molar-refractivity contribution is 7.99. The van der Waals surface area contributed by atoms with Gasteiger partial charge in [-0.05, 0) is 31.4 Å². The van der Waals surface area contributed by atoms with Crippen LogP contribution in [0.15, 0.2) is 40.0 Å². The van der Waals surface area contributed by atoms with Crippen molar-refractivity contribution in [1.29, 1.82) is 5.26 Å². The van der Waals surface area contributed by atoms with Crippen LogP contribution in [-0.4, -0.2) is 46.3 Å². The van der Waals surface area contributed by atoms with E-state index in [4.69, 9.17) is 4.42 Å². The highest BCUT2D eigenvalue weighted by Gasteiger charge is 2.33. The number of amides is 1. The first-order chi connectivity index (χ1) is 15.8. The van der Waals surface area contributed by atoms with Crippen molar-refractivity contribution in [3.8, 4) is 6.07 Å². The van der Waals surface area contributed by atoms with E-state index in [1.807, 2.05) is 48.7 Å². The van der Waals surface area contributed by atoms with Crippen molar-refractivity contribution in [2.45, 2.75) is 38.0 Å². The molecule has 1 aromatic carbocycles. The molecule has 0 saturated carbocycles. The number of hydrogen-bond acceptors (Lipinski definition) is 8. The molecule has 1 fully saturated rings. The zero-order valence-corrected chi connectivity index (χ0v) is 19.9. The molecule has 1 aliphatic rings. The molecule has 0 aliphatic carbocycles. The second kappa shape index (κ2) is 9.41. The predicted octanol–water partition coefficient (Wildman–Crippen LogP) is 3.04. The Hall–Kier alpha value is -3.10. The van der Waals surface area contributed by atoms with E-state index in [0.717, 1.165) is 28.6 Å². The molecule has 9 nitrogen and oxygen atoms in total. The number of nitrogens with one attached hydrogen (secondary N) is 1. The van der Waals surface area contributed by atoms with Gasteiger partial charge in [-0.3, -0.25) is 4.79 Å². The molecule has 3 heterocycles. The Morgan fingerprint density at radius 3 is 2.73 bits per heavy atom. The van der Waals surface area contributed by atoms with E-state index < -0.39 is 9.84 Å². The maximum atomic E-state index is 12.7. The van der Waals surface area contributed by atoms with Crippen LogP contribution in [0.3, 0.4) is 0 Å². The summed E-state index contributed by atoms with van der Waals surface area (Å²) >= 11 is 1.07. The molecule has 11 heteroatoms. The predicted molar refractivity (Wildman–Crippen MR) is 124 cm³/mol. The van der Waals surface area contributed by atoms with E-state index in [1.165, 1.54) is 0 Å².